The quantitative estimate of drug-likeness (QED) is 0.886. The Bertz CT molecular complexity index is 862. The lowest BCUT2D eigenvalue weighted by molar-refractivity contribution is -0.124. The van der Waals surface area contributed by atoms with E-state index in [1.807, 2.05) is 69.1 Å². The average Bonchev–Trinajstić information content (AvgIpc) is 3.08. The number of carbonyl (C=O) groups excluding carboxylic acids is 2. The second kappa shape index (κ2) is 7.92. The summed E-state index contributed by atoms with van der Waals surface area (Å²) in [4.78, 5) is 29.0. The van der Waals surface area contributed by atoms with E-state index in [1.165, 1.54) is 5.56 Å². The van der Waals surface area contributed by atoms with Gasteiger partial charge in [0.05, 0.1) is 12.6 Å². The number of nitrogens with zero attached hydrogens (tertiary/aromatic N) is 2. The van der Waals surface area contributed by atoms with Gasteiger partial charge in [0.25, 0.3) is 0 Å². The lowest BCUT2D eigenvalue weighted by atomic mass is 10.1. The minimum Gasteiger partial charge on any atom is -0.325 e. The molecule has 5 nitrogen and oxygen atoms in total. The Morgan fingerprint density at radius 1 is 1.15 bits per heavy atom. The molecule has 0 saturated carbocycles. The van der Waals surface area contributed by atoms with Crippen LogP contribution < -0.4 is 10.2 Å². The summed E-state index contributed by atoms with van der Waals surface area (Å²) < 4.78 is 0. The van der Waals surface area contributed by atoms with Crippen LogP contribution >= 0.6 is 0 Å². The van der Waals surface area contributed by atoms with E-state index in [9.17, 15) is 9.59 Å². The zero-order valence-corrected chi connectivity index (χ0v) is 16.5. The number of para-hydroxylation sites is 1. The number of nitrogens with one attached hydrogen (secondary N) is 1. The number of anilines is 2. The smallest absolute Gasteiger partial charge is 0.244 e. The average molecular weight is 365 g/mol. The van der Waals surface area contributed by atoms with Crippen LogP contribution in [0, 0.1) is 13.8 Å². The molecule has 0 saturated heterocycles. The molecule has 2 aromatic rings. The fourth-order valence-corrected chi connectivity index (χ4v) is 3.42. The normalized spacial score (nSPS) is 14.2. The maximum atomic E-state index is 12.9. The second-order valence-corrected chi connectivity index (χ2v) is 7.26. The third kappa shape index (κ3) is 4.03. The summed E-state index contributed by atoms with van der Waals surface area (Å²) in [7, 11) is 1.81. The fourth-order valence-electron chi connectivity index (χ4n) is 3.42. The van der Waals surface area contributed by atoms with E-state index in [4.69, 9.17) is 0 Å². The molecule has 1 aliphatic rings. The molecule has 0 bridgehead atoms. The summed E-state index contributed by atoms with van der Waals surface area (Å²) in [6, 6.07) is 13.5. The SMILES string of the molecule is Cc1cccc(NC(=O)CN(C)[C@H](C)C(=O)N2CCc3ccccc32)c1C. The first-order valence-electron chi connectivity index (χ1n) is 9.34. The predicted octanol–water partition coefficient (Wildman–Crippen LogP) is 3.15. The van der Waals surface area contributed by atoms with E-state index in [-0.39, 0.29) is 24.4 Å². The molecule has 0 spiro atoms. The number of aryl methyl sites for hydroxylation is 1. The fraction of sp³-hybridized carbons (Fsp3) is 0.364. The monoisotopic (exact) mass is 365 g/mol. The highest BCUT2D eigenvalue weighted by Gasteiger charge is 2.30. The lowest BCUT2D eigenvalue weighted by Gasteiger charge is -2.28. The topological polar surface area (TPSA) is 52.7 Å². The summed E-state index contributed by atoms with van der Waals surface area (Å²) >= 11 is 0. The first kappa shape index (κ1) is 19.1. The maximum Gasteiger partial charge on any atom is 0.244 e. The molecule has 1 atom stereocenters. The van der Waals surface area contributed by atoms with Gasteiger partial charge < -0.3 is 10.2 Å². The van der Waals surface area contributed by atoms with Gasteiger partial charge in [0, 0.05) is 17.9 Å². The highest BCUT2D eigenvalue weighted by atomic mass is 16.2. The Labute approximate surface area is 161 Å². The van der Waals surface area contributed by atoms with Gasteiger partial charge in [0.2, 0.25) is 11.8 Å². The predicted molar refractivity (Wildman–Crippen MR) is 109 cm³/mol. The van der Waals surface area contributed by atoms with Gasteiger partial charge in [-0.1, -0.05) is 30.3 Å². The Kier molecular flexibility index (Phi) is 5.61. The molecule has 0 radical (unpaired) electrons. The number of carbonyl (C=O) groups is 2. The van der Waals surface area contributed by atoms with Crippen LogP contribution in [0.5, 0.6) is 0 Å². The van der Waals surface area contributed by atoms with Crippen molar-refractivity contribution in [3.8, 4) is 0 Å². The molecule has 2 amide bonds. The molecule has 1 heterocycles. The van der Waals surface area contributed by atoms with E-state index >= 15 is 0 Å². The van der Waals surface area contributed by atoms with Gasteiger partial charge in [-0.05, 0) is 63.1 Å². The molecule has 0 aliphatic carbocycles. The van der Waals surface area contributed by atoms with Gasteiger partial charge in [-0.3, -0.25) is 14.5 Å². The van der Waals surface area contributed by atoms with Crippen LogP contribution in [-0.4, -0.2) is 42.9 Å². The van der Waals surface area contributed by atoms with Crippen molar-refractivity contribution in [1.82, 2.24) is 4.90 Å². The Balaban J connectivity index is 1.62. The molecular formula is C22H27N3O2. The van der Waals surface area contributed by atoms with Crippen LogP contribution in [0.15, 0.2) is 42.5 Å². The van der Waals surface area contributed by atoms with E-state index in [0.717, 1.165) is 28.9 Å². The van der Waals surface area contributed by atoms with Crippen molar-refractivity contribution < 1.29 is 9.59 Å². The molecule has 0 unspecified atom stereocenters. The van der Waals surface area contributed by atoms with E-state index in [1.54, 1.807) is 4.90 Å². The zero-order valence-electron chi connectivity index (χ0n) is 16.5. The largest absolute Gasteiger partial charge is 0.325 e. The summed E-state index contributed by atoms with van der Waals surface area (Å²) in [5.74, 6) is -0.0883. The van der Waals surface area contributed by atoms with E-state index < -0.39 is 0 Å². The standard InChI is InChI=1S/C22H27N3O2/c1-15-8-7-10-19(16(15)2)23-21(26)14-24(4)17(3)22(27)25-13-12-18-9-5-6-11-20(18)25/h5-11,17H,12-14H2,1-4H3,(H,23,26)/t17-/m1/s1. The zero-order chi connectivity index (χ0) is 19.6. The summed E-state index contributed by atoms with van der Waals surface area (Å²) in [5.41, 5.74) is 5.21. The van der Waals surface area contributed by atoms with Crippen LogP contribution in [0.1, 0.15) is 23.6 Å². The van der Waals surface area contributed by atoms with Crippen LogP contribution in [0.4, 0.5) is 11.4 Å². The Morgan fingerprint density at radius 3 is 2.67 bits per heavy atom. The molecular weight excluding hydrogens is 338 g/mol. The molecule has 5 heteroatoms. The summed E-state index contributed by atoms with van der Waals surface area (Å²) in [6.45, 7) is 6.73. The van der Waals surface area contributed by atoms with Crippen molar-refractivity contribution in [2.45, 2.75) is 33.2 Å². The van der Waals surface area contributed by atoms with Crippen molar-refractivity contribution in [2.24, 2.45) is 0 Å². The molecule has 0 aromatic heterocycles. The third-order valence-corrected chi connectivity index (χ3v) is 5.44. The van der Waals surface area contributed by atoms with E-state index in [2.05, 4.69) is 11.4 Å². The molecule has 2 aromatic carbocycles. The van der Waals surface area contributed by atoms with Gasteiger partial charge in [-0.2, -0.15) is 0 Å². The maximum absolute atomic E-state index is 12.9. The third-order valence-electron chi connectivity index (χ3n) is 5.44. The molecule has 142 valence electrons. The van der Waals surface area contributed by atoms with Gasteiger partial charge >= 0.3 is 0 Å². The van der Waals surface area contributed by atoms with Crippen molar-refractivity contribution in [1.29, 1.82) is 0 Å². The number of hydrogen-bond acceptors (Lipinski definition) is 3. The van der Waals surface area contributed by atoms with Gasteiger partial charge in [0.1, 0.15) is 0 Å². The molecule has 1 aliphatic heterocycles. The molecule has 27 heavy (non-hydrogen) atoms. The minimum atomic E-state index is -0.375. The van der Waals surface area contributed by atoms with Crippen molar-refractivity contribution in [3.63, 3.8) is 0 Å². The van der Waals surface area contributed by atoms with Crippen LogP contribution in [-0.2, 0) is 16.0 Å². The van der Waals surface area contributed by atoms with E-state index in [0.29, 0.717) is 6.54 Å². The summed E-state index contributed by atoms with van der Waals surface area (Å²) in [5, 5.41) is 2.96. The first-order chi connectivity index (χ1) is 12.9. The molecule has 0 fully saturated rings. The van der Waals surface area contributed by atoms with Crippen molar-refractivity contribution in [3.05, 3.63) is 59.2 Å². The van der Waals surface area contributed by atoms with Gasteiger partial charge in [0.15, 0.2) is 0 Å². The van der Waals surface area contributed by atoms with Crippen molar-refractivity contribution in [2.75, 3.05) is 30.4 Å². The number of likely N-dealkylation sites (N-methyl/N-ethyl adjacent to an activating group) is 1. The van der Waals surface area contributed by atoms with Crippen LogP contribution in [0.25, 0.3) is 0 Å². The Morgan fingerprint density at radius 2 is 1.89 bits per heavy atom. The van der Waals surface area contributed by atoms with Gasteiger partial charge in [-0.25, -0.2) is 0 Å². The van der Waals surface area contributed by atoms with Crippen LogP contribution in [0.3, 0.4) is 0 Å². The van der Waals surface area contributed by atoms with Gasteiger partial charge in [-0.15, -0.1) is 0 Å². The van der Waals surface area contributed by atoms with Crippen LogP contribution in [0.2, 0.25) is 0 Å². The number of amides is 2. The molecule has 3 rings (SSSR count). The lowest BCUT2D eigenvalue weighted by Crippen LogP contribution is -2.47. The number of hydrogen-bond donors (Lipinski definition) is 1. The molecule has 1 N–H and O–H groups in total. The number of rotatable bonds is 5. The summed E-state index contributed by atoms with van der Waals surface area (Å²) in [6.07, 6.45) is 0.880. The minimum absolute atomic E-state index is 0.0296. The number of fused-ring (bicyclic) bond motifs is 1. The first-order valence-corrected chi connectivity index (χ1v) is 9.34. The second-order valence-electron chi connectivity index (χ2n) is 7.26. The highest BCUT2D eigenvalue weighted by molar-refractivity contribution is 5.99. The Hall–Kier alpha value is -2.66. The number of benzene rings is 2. The van der Waals surface area contributed by atoms with Crippen molar-refractivity contribution >= 4 is 23.2 Å². The highest BCUT2D eigenvalue weighted by Crippen LogP contribution is 2.28.